The molecule has 0 amide bonds. The SMILES string of the molecule is COc1ccc(CC2(Cc3ccc(OC)cc3)CN=C(c3ccccc3C)O2)cc1. The molecule has 0 saturated heterocycles. The summed E-state index contributed by atoms with van der Waals surface area (Å²) in [5.41, 5.74) is 4.20. The predicted molar refractivity (Wildman–Crippen MR) is 120 cm³/mol. The van der Waals surface area contributed by atoms with Gasteiger partial charge in [0.25, 0.3) is 0 Å². The lowest BCUT2D eigenvalue weighted by Crippen LogP contribution is -2.38. The number of hydrogen-bond acceptors (Lipinski definition) is 4. The van der Waals surface area contributed by atoms with Crippen LogP contribution in [0.4, 0.5) is 0 Å². The fourth-order valence-electron chi connectivity index (χ4n) is 3.92. The second-order valence-corrected chi connectivity index (χ2v) is 7.77. The van der Waals surface area contributed by atoms with Crippen LogP contribution in [0.2, 0.25) is 0 Å². The van der Waals surface area contributed by atoms with Gasteiger partial charge in [-0.15, -0.1) is 0 Å². The monoisotopic (exact) mass is 401 g/mol. The highest BCUT2D eigenvalue weighted by Gasteiger charge is 2.39. The number of aliphatic imine (C=N–C) groups is 1. The van der Waals surface area contributed by atoms with Gasteiger partial charge in [0.05, 0.1) is 20.8 Å². The number of aryl methyl sites for hydroxylation is 1. The average molecular weight is 402 g/mol. The normalized spacial score (nSPS) is 14.7. The van der Waals surface area contributed by atoms with Crippen molar-refractivity contribution in [2.45, 2.75) is 25.4 Å². The first-order valence-corrected chi connectivity index (χ1v) is 10.2. The standard InChI is InChI=1S/C26H27NO3/c1-19-6-4-5-7-24(19)25-27-18-26(30-25,16-20-8-12-22(28-2)13-9-20)17-21-10-14-23(29-3)15-11-21/h4-15H,16-18H2,1-3H3. The van der Waals surface area contributed by atoms with Gasteiger partial charge in [0.1, 0.15) is 17.1 Å². The van der Waals surface area contributed by atoms with Crippen molar-refractivity contribution in [3.05, 3.63) is 95.1 Å². The third-order valence-corrected chi connectivity index (χ3v) is 5.57. The molecular formula is C26H27NO3. The van der Waals surface area contributed by atoms with E-state index in [1.807, 2.05) is 36.4 Å². The van der Waals surface area contributed by atoms with Crippen LogP contribution in [0.3, 0.4) is 0 Å². The summed E-state index contributed by atoms with van der Waals surface area (Å²) >= 11 is 0. The maximum Gasteiger partial charge on any atom is 0.217 e. The van der Waals surface area contributed by atoms with Crippen LogP contribution in [0, 0.1) is 6.92 Å². The first-order chi connectivity index (χ1) is 14.6. The Bertz CT molecular complexity index is 973. The first-order valence-electron chi connectivity index (χ1n) is 10.2. The van der Waals surface area contributed by atoms with Crippen molar-refractivity contribution in [3.63, 3.8) is 0 Å². The minimum Gasteiger partial charge on any atom is -0.497 e. The Labute approximate surface area is 178 Å². The Morgan fingerprint density at radius 1 is 0.800 bits per heavy atom. The van der Waals surface area contributed by atoms with E-state index in [1.54, 1.807) is 14.2 Å². The molecule has 1 heterocycles. The van der Waals surface area contributed by atoms with E-state index in [4.69, 9.17) is 19.2 Å². The number of ether oxygens (including phenoxy) is 3. The van der Waals surface area contributed by atoms with Crippen LogP contribution in [-0.2, 0) is 17.6 Å². The Morgan fingerprint density at radius 2 is 1.33 bits per heavy atom. The van der Waals surface area contributed by atoms with Crippen molar-refractivity contribution in [3.8, 4) is 11.5 Å². The molecule has 0 bridgehead atoms. The van der Waals surface area contributed by atoms with Crippen LogP contribution in [0.25, 0.3) is 0 Å². The van der Waals surface area contributed by atoms with Crippen LogP contribution in [0.5, 0.6) is 11.5 Å². The third-order valence-electron chi connectivity index (χ3n) is 5.57. The smallest absolute Gasteiger partial charge is 0.217 e. The average Bonchev–Trinajstić information content (AvgIpc) is 3.18. The molecule has 30 heavy (non-hydrogen) atoms. The molecule has 4 nitrogen and oxygen atoms in total. The zero-order valence-electron chi connectivity index (χ0n) is 17.7. The van der Waals surface area contributed by atoms with Gasteiger partial charge in [0, 0.05) is 18.4 Å². The Kier molecular flexibility index (Phi) is 5.75. The van der Waals surface area contributed by atoms with Crippen molar-refractivity contribution in [1.82, 2.24) is 0 Å². The number of benzene rings is 3. The highest BCUT2D eigenvalue weighted by molar-refractivity contribution is 5.96. The lowest BCUT2D eigenvalue weighted by molar-refractivity contribution is 0.0886. The van der Waals surface area contributed by atoms with E-state index in [-0.39, 0.29) is 0 Å². The lowest BCUT2D eigenvalue weighted by Gasteiger charge is -2.29. The van der Waals surface area contributed by atoms with E-state index in [0.29, 0.717) is 6.54 Å². The van der Waals surface area contributed by atoms with Gasteiger partial charge >= 0.3 is 0 Å². The second-order valence-electron chi connectivity index (χ2n) is 7.77. The lowest BCUT2D eigenvalue weighted by atomic mass is 9.88. The molecule has 0 saturated carbocycles. The van der Waals surface area contributed by atoms with E-state index in [0.717, 1.165) is 35.8 Å². The van der Waals surface area contributed by atoms with Gasteiger partial charge in [0.2, 0.25) is 5.90 Å². The molecule has 1 aliphatic heterocycles. The summed E-state index contributed by atoms with van der Waals surface area (Å²) in [6.45, 7) is 2.71. The minimum atomic E-state index is -0.430. The highest BCUT2D eigenvalue weighted by Crippen LogP contribution is 2.32. The Balaban J connectivity index is 1.61. The summed E-state index contributed by atoms with van der Waals surface area (Å²) < 4.78 is 17.2. The molecule has 3 aromatic rings. The van der Waals surface area contributed by atoms with Crippen LogP contribution in [0.15, 0.2) is 77.8 Å². The maximum atomic E-state index is 6.62. The quantitative estimate of drug-likeness (QED) is 0.558. The Hall–Kier alpha value is -3.27. The zero-order valence-corrected chi connectivity index (χ0v) is 17.7. The van der Waals surface area contributed by atoms with Crippen molar-refractivity contribution in [2.24, 2.45) is 4.99 Å². The van der Waals surface area contributed by atoms with Crippen LogP contribution in [-0.4, -0.2) is 32.3 Å². The van der Waals surface area contributed by atoms with Gasteiger partial charge in [-0.1, -0.05) is 42.5 Å². The molecule has 4 heteroatoms. The van der Waals surface area contributed by atoms with Crippen molar-refractivity contribution >= 4 is 5.90 Å². The summed E-state index contributed by atoms with van der Waals surface area (Å²) in [6, 6.07) is 24.6. The van der Waals surface area contributed by atoms with E-state index < -0.39 is 5.60 Å². The minimum absolute atomic E-state index is 0.430. The molecule has 154 valence electrons. The van der Waals surface area contributed by atoms with E-state index in [1.165, 1.54) is 16.7 Å². The molecular weight excluding hydrogens is 374 g/mol. The number of nitrogens with zero attached hydrogens (tertiary/aromatic N) is 1. The number of rotatable bonds is 7. The molecule has 4 rings (SSSR count). The molecule has 3 aromatic carbocycles. The molecule has 0 unspecified atom stereocenters. The summed E-state index contributed by atoms with van der Waals surface area (Å²) in [5, 5.41) is 0. The van der Waals surface area contributed by atoms with Crippen LogP contribution >= 0.6 is 0 Å². The van der Waals surface area contributed by atoms with Gasteiger partial charge in [0.15, 0.2) is 0 Å². The third kappa shape index (κ3) is 4.33. The van der Waals surface area contributed by atoms with Gasteiger partial charge < -0.3 is 14.2 Å². The molecule has 0 fully saturated rings. The van der Waals surface area contributed by atoms with E-state index in [2.05, 4.69) is 43.3 Å². The Morgan fingerprint density at radius 3 is 1.83 bits per heavy atom. The number of methoxy groups -OCH3 is 2. The van der Waals surface area contributed by atoms with Crippen molar-refractivity contribution < 1.29 is 14.2 Å². The maximum absolute atomic E-state index is 6.62. The fourth-order valence-corrected chi connectivity index (χ4v) is 3.92. The van der Waals surface area contributed by atoms with E-state index >= 15 is 0 Å². The van der Waals surface area contributed by atoms with Crippen LogP contribution in [0.1, 0.15) is 22.3 Å². The molecule has 0 spiro atoms. The number of hydrogen-bond donors (Lipinski definition) is 0. The zero-order chi connectivity index (χ0) is 21.0. The van der Waals surface area contributed by atoms with Crippen molar-refractivity contribution in [1.29, 1.82) is 0 Å². The van der Waals surface area contributed by atoms with Gasteiger partial charge in [-0.05, 0) is 53.9 Å². The predicted octanol–water partition coefficient (Wildman–Crippen LogP) is 5.01. The molecule has 0 atom stereocenters. The second kappa shape index (κ2) is 8.62. The van der Waals surface area contributed by atoms with Crippen LogP contribution < -0.4 is 9.47 Å². The first kappa shape index (κ1) is 20.0. The highest BCUT2D eigenvalue weighted by atomic mass is 16.5. The summed E-state index contributed by atoms with van der Waals surface area (Å²) in [4.78, 5) is 4.83. The van der Waals surface area contributed by atoms with Gasteiger partial charge in [-0.3, -0.25) is 0 Å². The van der Waals surface area contributed by atoms with E-state index in [9.17, 15) is 0 Å². The summed E-state index contributed by atoms with van der Waals surface area (Å²) in [6.07, 6.45) is 1.53. The summed E-state index contributed by atoms with van der Waals surface area (Å²) in [7, 11) is 3.37. The molecule has 0 aliphatic carbocycles. The molecule has 0 aromatic heterocycles. The largest absolute Gasteiger partial charge is 0.497 e. The van der Waals surface area contributed by atoms with Gasteiger partial charge in [-0.25, -0.2) is 4.99 Å². The summed E-state index contributed by atoms with van der Waals surface area (Å²) in [5.74, 6) is 2.44. The van der Waals surface area contributed by atoms with Crippen molar-refractivity contribution in [2.75, 3.05) is 20.8 Å². The van der Waals surface area contributed by atoms with Gasteiger partial charge in [-0.2, -0.15) is 0 Å². The molecule has 0 N–H and O–H groups in total. The fraction of sp³-hybridized carbons (Fsp3) is 0.269. The molecule has 0 radical (unpaired) electrons. The molecule has 1 aliphatic rings. The topological polar surface area (TPSA) is 40.0 Å².